The van der Waals surface area contributed by atoms with E-state index in [9.17, 15) is 9.90 Å². The second-order valence-electron chi connectivity index (χ2n) is 5.48. The molecule has 22 heavy (non-hydrogen) atoms. The standard InChI is InChI=1S/C14H18N6O2/c21-13-8-20(14(22)1-4-19-9-17-18-10-19)7-11(13)5-12-6-15-2-3-16-12/h2-3,6,9-11,13,21H,1,4-5,7-8H2/t11-,13-/m1/s1. The van der Waals surface area contributed by atoms with Crippen LogP contribution in [0.1, 0.15) is 12.1 Å². The Hall–Kier alpha value is -2.35. The number of nitrogens with zero attached hydrogens (tertiary/aromatic N) is 6. The van der Waals surface area contributed by atoms with Gasteiger partial charge in [0.15, 0.2) is 0 Å². The monoisotopic (exact) mass is 302 g/mol. The van der Waals surface area contributed by atoms with Crippen molar-refractivity contribution >= 4 is 5.91 Å². The van der Waals surface area contributed by atoms with E-state index in [1.165, 1.54) is 0 Å². The number of aryl methyl sites for hydroxylation is 1. The molecule has 1 aliphatic heterocycles. The van der Waals surface area contributed by atoms with Gasteiger partial charge in [-0.1, -0.05) is 0 Å². The highest BCUT2D eigenvalue weighted by Gasteiger charge is 2.33. The molecule has 2 aromatic heterocycles. The normalized spacial score (nSPS) is 21.2. The maximum atomic E-state index is 12.2. The minimum absolute atomic E-state index is 0.00978. The lowest BCUT2D eigenvalue weighted by Gasteiger charge is -2.16. The molecule has 3 heterocycles. The molecule has 1 amide bonds. The van der Waals surface area contributed by atoms with Crippen LogP contribution < -0.4 is 0 Å². The number of rotatable bonds is 5. The second kappa shape index (κ2) is 6.61. The van der Waals surface area contributed by atoms with Gasteiger partial charge in [-0.05, 0) is 6.42 Å². The maximum absolute atomic E-state index is 12.2. The fourth-order valence-electron chi connectivity index (χ4n) is 2.68. The molecule has 0 spiro atoms. The van der Waals surface area contributed by atoms with Crippen LogP contribution in [0, 0.1) is 5.92 Å². The van der Waals surface area contributed by atoms with E-state index < -0.39 is 6.10 Å². The van der Waals surface area contributed by atoms with Gasteiger partial charge in [0.25, 0.3) is 0 Å². The zero-order valence-electron chi connectivity index (χ0n) is 12.1. The van der Waals surface area contributed by atoms with E-state index in [0.29, 0.717) is 32.5 Å². The van der Waals surface area contributed by atoms with Crippen molar-refractivity contribution in [2.24, 2.45) is 5.92 Å². The van der Waals surface area contributed by atoms with Crippen LogP contribution in [-0.2, 0) is 17.8 Å². The molecule has 0 unspecified atom stereocenters. The predicted molar refractivity (Wildman–Crippen MR) is 76.5 cm³/mol. The molecule has 0 saturated carbocycles. The van der Waals surface area contributed by atoms with Crippen LogP contribution in [0.15, 0.2) is 31.2 Å². The van der Waals surface area contributed by atoms with Gasteiger partial charge in [0.1, 0.15) is 12.7 Å². The molecule has 3 rings (SSSR count). The van der Waals surface area contributed by atoms with Crippen LogP contribution in [0.4, 0.5) is 0 Å². The minimum atomic E-state index is -0.513. The van der Waals surface area contributed by atoms with Gasteiger partial charge in [0.05, 0.1) is 11.8 Å². The van der Waals surface area contributed by atoms with Crippen molar-refractivity contribution in [1.29, 1.82) is 0 Å². The largest absolute Gasteiger partial charge is 0.391 e. The Balaban J connectivity index is 1.52. The third kappa shape index (κ3) is 3.45. The van der Waals surface area contributed by atoms with Crippen LogP contribution in [-0.4, -0.2) is 59.8 Å². The zero-order valence-corrected chi connectivity index (χ0v) is 12.1. The van der Waals surface area contributed by atoms with Crippen LogP contribution in [0.2, 0.25) is 0 Å². The molecule has 116 valence electrons. The summed E-state index contributed by atoms with van der Waals surface area (Å²) in [5.74, 6) is 0.0463. The summed E-state index contributed by atoms with van der Waals surface area (Å²) < 4.78 is 1.77. The van der Waals surface area contributed by atoms with Gasteiger partial charge < -0.3 is 14.6 Å². The third-order valence-corrected chi connectivity index (χ3v) is 3.90. The zero-order chi connectivity index (χ0) is 15.4. The first-order valence-electron chi connectivity index (χ1n) is 7.25. The van der Waals surface area contributed by atoms with E-state index in [4.69, 9.17) is 0 Å². The summed E-state index contributed by atoms with van der Waals surface area (Å²) in [5.41, 5.74) is 0.838. The van der Waals surface area contributed by atoms with E-state index in [1.54, 1.807) is 40.7 Å². The first-order valence-corrected chi connectivity index (χ1v) is 7.25. The van der Waals surface area contributed by atoms with Crippen molar-refractivity contribution in [1.82, 2.24) is 29.6 Å². The Morgan fingerprint density at radius 2 is 2.09 bits per heavy atom. The summed E-state index contributed by atoms with van der Waals surface area (Å²) in [6.07, 6.45) is 8.62. The fourth-order valence-corrected chi connectivity index (χ4v) is 2.68. The van der Waals surface area contributed by atoms with Crippen molar-refractivity contribution in [3.8, 4) is 0 Å². The Kier molecular flexibility index (Phi) is 4.38. The molecule has 1 N–H and O–H groups in total. The van der Waals surface area contributed by atoms with Crippen LogP contribution >= 0.6 is 0 Å². The third-order valence-electron chi connectivity index (χ3n) is 3.90. The van der Waals surface area contributed by atoms with Gasteiger partial charge in [-0.15, -0.1) is 10.2 Å². The van der Waals surface area contributed by atoms with Gasteiger partial charge in [0.2, 0.25) is 5.91 Å². The molecule has 2 atom stereocenters. The molecule has 0 aromatic carbocycles. The molecule has 1 aliphatic rings. The number of hydrogen-bond acceptors (Lipinski definition) is 6. The number of carbonyl (C=O) groups excluding carboxylic acids is 1. The Morgan fingerprint density at radius 1 is 1.27 bits per heavy atom. The van der Waals surface area contributed by atoms with Crippen LogP contribution in [0.25, 0.3) is 0 Å². The van der Waals surface area contributed by atoms with Gasteiger partial charge in [-0.25, -0.2) is 0 Å². The molecule has 0 radical (unpaired) electrons. The average Bonchev–Trinajstić information content (AvgIpc) is 3.16. The summed E-state index contributed by atoms with van der Waals surface area (Å²) in [7, 11) is 0. The molecule has 0 bridgehead atoms. The number of aromatic nitrogens is 5. The Morgan fingerprint density at radius 3 is 2.82 bits per heavy atom. The van der Waals surface area contributed by atoms with Crippen molar-refractivity contribution in [2.75, 3.05) is 13.1 Å². The summed E-state index contributed by atoms with van der Waals surface area (Å²) in [4.78, 5) is 22.2. The summed E-state index contributed by atoms with van der Waals surface area (Å²) in [6.45, 7) is 1.48. The second-order valence-corrected chi connectivity index (χ2v) is 5.48. The van der Waals surface area contributed by atoms with E-state index in [-0.39, 0.29) is 11.8 Å². The van der Waals surface area contributed by atoms with Gasteiger partial charge in [-0.2, -0.15) is 0 Å². The van der Waals surface area contributed by atoms with E-state index >= 15 is 0 Å². The number of aliphatic hydroxyl groups excluding tert-OH is 1. The molecule has 1 fully saturated rings. The number of likely N-dealkylation sites (tertiary alicyclic amines) is 1. The first-order chi connectivity index (χ1) is 10.7. The molecule has 1 saturated heterocycles. The average molecular weight is 302 g/mol. The van der Waals surface area contributed by atoms with Crippen LogP contribution in [0.3, 0.4) is 0 Å². The predicted octanol–water partition coefficient (Wildman–Crippen LogP) is -0.480. The first kappa shape index (κ1) is 14.6. The summed E-state index contributed by atoms with van der Waals surface area (Å²) >= 11 is 0. The highest BCUT2D eigenvalue weighted by Crippen LogP contribution is 2.21. The van der Waals surface area contributed by atoms with E-state index in [0.717, 1.165) is 5.69 Å². The number of hydrogen-bond donors (Lipinski definition) is 1. The summed E-state index contributed by atoms with van der Waals surface area (Å²) in [6, 6.07) is 0. The lowest BCUT2D eigenvalue weighted by molar-refractivity contribution is -0.130. The smallest absolute Gasteiger partial charge is 0.224 e. The van der Waals surface area contributed by atoms with E-state index in [2.05, 4.69) is 20.2 Å². The van der Waals surface area contributed by atoms with Crippen molar-refractivity contribution < 1.29 is 9.90 Å². The highest BCUT2D eigenvalue weighted by atomic mass is 16.3. The SMILES string of the molecule is O=C(CCn1cnnc1)N1C[C@@H](Cc2cnccn2)[C@H](O)C1. The molecule has 0 aliphatic carbocycles. The van der Waals surface area contributed by atoms with Gasteiger partial charge in [0, 0.05) is 50.6 Å². The quantitative estimate of drug-likeness (QED) is 0.801. The lowest BCUT2D eigenvalue weighted by Crippen LogP contribution is -2.30. The van der Waals surface area contributed by atoms with Crippen molar-refractivity contribution in [3.05, 3.63) is 36.9 Å². The maximum Gasteiger partial charge on any atom is 0.224 e. The van der Waals surface area contributed by atoms with E-state index in [1.807, 2.05) is 0 Å². The van der Waals surface area contributed by atoms with Gasteiger partial charge >= 0.3 is 0 Å². The summed E-state index contributed by atoms with van der Waals surface area (Å²) in [5, 5.41) is 17.6. The Bertz CT molecular complexity index is 603. The number of β-amino-alcohol motifs (C(OH)–C–C–N with tert-alkyl or cyclic N) is 1. The molecule has 2 aromatic rings. The molecular formula is C14H18N6O2. The topological polar surface area (TPSA) is 97.0 Å². The highest BCUT2D eigenvalue weighted by molar-refractivity contribution is 5.76. The lowest BCUT2D eigenvalue weighted by atomic mass is 10.0. The van der Waals surface area contributed by atoms with Crippen molar-refractivity contribution in [2.45, 2.75) is 25.5 Å². The number of aliphatic hydroxyl groups is 1. The van der Waals surface area contributed by atoms with Crippen molar-refractivity contribution in [3.63, 3.8) is 0 Å². The molecule has 8 heteroatoms. The molecule has 8 nitrogen and oxygen atoms in total. The van der Waals surface area contributed by atoms with Gasteiger partial charge in [-0.3, -0.25) is 14.8 Å². The Labute approximate surface area is 127 Å². The minimum Gasteiger partial charge on any atom is -0.391 e. The fraction of sp³-hybridized carbons (Fsp3) is 0.500. The van der Waals surface area contributed by atoms with Crippen LogP contribution in [0.5, 0.6) is 0 Å². The molecular weight excluding hydrogens is 284 g/mol. The number of amides is 1. The number of carbonyl (C=O) groups is 1.